The summed E-state index contributed by atoms with van der Waals surface area (Å²) in [6.07, 6.45) is 0. The van der Waals surface area contributed by atoms with E-state index in [1.54, 1.807) is 0 Å². The second-order valence-electron chi connectivity index (χ2n) is 2.88. The highest BCUT2D eigenvalue weighted by Gasteiger charge is 2.11. The number of nitrogens with two attached hydrogens (primary N) is 2. The average molecular weight is 211 g/mol. The van der Waals surface area contributed by atoms with Crippen LogP contribution < -0.4 is 11.6 Å². The molecule has 0 unspecified atom stereocenters. The molecule has 2 aromatic rings. The van der Waals surface area contributed by atoms with Gasteiger partial charge in [0.05, 0.1) is 0 Å². The first-order chi connectivity index (χ1) is 7.09. The van der Waals surface area contributed by atoms with Crippen molar-refractivity contribution >= 4 is 5.95 Å². The van der Waals surface area contributed by atoms with Crippen LogP contribution in [0.1, 0.15) is 0 Å². The van der Waals surface area contributed by atoms with E-state index in [9.17, 15) is 8.78 Å². The van der Waals surface area contributed by atoms with Crippen molar-refractivity contribution < 1.29 is 8.78 Å². The van der Waals surface area contributed by atoms with Gasteiger partial charge in [-0.2, -0.15) is 0 Å². The molecule has 0 aliphatic carbocycles. The second-order valence-corrected chi connectivity index (χ2v) is 2.88. The molecule has 15 heavy (non-hydrogen) atoms. The van der Waals surface area contributed by atoms with Gasteiger partial charge < -0.3 is 11.6 Å². The third kappa shape index (κ3) is 1.47. The van der Waals surface area contributed by atoms with Crippen molar-refractivity contribution in [1.82, 2.24) is 14.9 Å². The number of halogens is 2. The third-order valence-corrected chi connectivity index (χ3v) is 1.90. The van der Waals surface area contributed by atoms with Crippen LogP contribution in [0.5, 0.6) is 0 Å². The molecule has 78 valence electrons. The molecular weight excluding hydrogens is 204 g/mol. The number of rotatable bonds is 1. The summed E-state index contributed by atoms with van der Waals surface area (Å²) in [5.41, 5.74) is 5.65. The molecule has 1 aromatic carbocycles. The molecule has 0 radical (unpaired) electrons. The average Bonchev–Trinajstić information content (AvgIpc) is 2.53. The van der Waals surface area contributed by atoms with Crippen LogP contribution >= 0.6 is 0 Å². The summed E-state index contributed by atoms with van der Waals surface area (Å²) in [5, 5.41) is 7.12. The molecule has 1 aromatic heterocycles. The van der Waals surface area contributed by atoms with Crippen molar-refractivity contribution in [3.05, 3.63) is 29.8 Å². The maximum Gasteiger partial charge on any atom is 0.241 e. The van der Waals surface area contributed by atoms with E-state index >= 15 is 0 Å². The first kappa shape index (κ1) is 9.38. The van der Waals surface area contributed by atoms with Crippen molar-refractivity contribution in [3.63, 3.8) is 0 Å². The minimum absolute atomic E-state index is 0.00488. The Morgan fingerprint density at radius 1 is 1.13 bits per heavy atom. The maximum atomic E-state index is 12.9. The van der Waals surface area contributed by atoms with Crippen molar-refractivity contribution in [3.8, 4) is 11.4 Å². The molecule has 0 bridgehead atoms. The van der Waals surface area contributed by atoms with E-state index in [-0.39, 0.29) is 11.8 Å². The van der Waals surface area contributed by atoms with Crippen LogP contribution in [0.4, 0.5) is 14.7 Å². The summed E-state index contributed by atoms with van der Waals surface area (Å²) >= 11 is 0. The van der Waals surface area contributed by atoms with Gasteiger partial charge in [0.15, 0.2) is 17.5 Å². The Kier molecular flexibility index (Phi) is 2.00. The molecule has 5 nitrogen and oxygen atoms in total. The van der Waals surface area contributed by atoms with Crippen molar-refractivity contribution in [2.75, 3.05) is 11.6 Å². The topological polar surface area (TPSA) is 82.8 Å². The van der Waals surface area contributed by atoms with Gasteiger partial charge in [0.25, 0.3) is 0 Å². The molecule has 0 aliphatic rings. The Labute approximate surface area is 83.3 Å². The summed E-state index contributed by atoms with van der Waals surface area (Å²) in [6.45, 7) is 0. The largest absolute Gasteiger partial charge is 0.366 e. The zero-order chi connectivity index (χ0) is 11.0. The monoisotopic (exact) mass is 211 g/mol. The predicted octanol–water partition coefficient (Wildman–Crippen LogP) is 0.519. The molecule has 2 rings (SSSR count). The minimum Gasteiger partial charge on any atom is -0.366 e. The molecule has 0 atom stereocenters. The molecule has 0 saturated carbocycles. The van der Waals surface area contributed by atoms with E-state index in [4.69, 9.17) is 11.6 Å². The standard InChI is InChI=1S/C8H7F2N5/c9-5-2-1-4(3-6(5)10)7-13-14-8(11)15(7)12/h1-3H,12H2,(H2,11,14). The molecule has 0 spiro atoms. The van der Waals surface area contributed by atoms with Gasteiger partial charge in [0, 0.05) is 5.56 Å². The fourth-order valence-electron chi connectivity index (χ4n) is 1.14. The number of anilines is 1. The molecule has 4 N–H and O–H groups in total. The zero-order valence-electron chi connectivity index (χ0n) is 7.48. The lowest BCUT2D eigenvalue weighted by Crippen LogP contribution is -2.13. The van der Waals surface area contributed by atoms with E-state index in [2.05, 4.69) is 10.2 Å². The van der Waals surface area contributed by atoms with Crippen LogP contribution in [0, 0.1) is 11.6 Å². The molecule has 0 saturated heterocycles. The lowest BCUT2D eigenvalue weighted by atomic mass is 10.2. The number of nitrogen functional groups attached to an aromatic ring is 2. The Bertz CT molecular complexity index is 508. The van der Waals surface area contributed by atoms with E-state index in [0.29, 0.717) is 5.56 Å². The Morgan fingerprint density at radius 2 is 1.87 bits per heavy atom. The Balaban J connectivity index is 2.55. The molecule has 0 fully saturated rings. The van der Waals surface area contributed by atoms with Crippen molar-refractivity contribution in [2.45, 2.75) is 0 Å². The third-order valence-electron chi connectivity index (χ3n) is 1.90. The van der Waals surface area contributed by atoms with Gasteiger partial charge in [-0.15, -0.1) is 10.2 Å². The summed E-state index contributed by atoms with van der Waals surface area (Å²) < 4.78 is 26.5. The van der Waals surface area contributed by atoms with Crippen LogP contribution in [0.15, 0.2) is 18.2 Å². The SMILES string of the molecule is Nc1nnc(-c2ccc(F)c(F)c2)n1N. The Morgan fingerprint density at radius 3 is 2.40 bits per heavy atom. The second kappa shape index (κ2) is 3.19. The first-order valence-corrected chi connectivity index (χ1v) is 4.01. The van der Waals surface area contributed by atoms with Crippen LogP contribution in [0.2, 0.25) is 0 Å². The summed E-state index contributed by atoms with van der Waals surface area (Å²) in [6, 6.07) is 3.29. The highest BCUT2D eigenvalue weighted by molar-refractivity contribution is 5.56. The van der Waals surface area contributed by atoms with Crippen LogP contribution in [0.25, 0.3) is 11.4 Å². The van der Waals surface area contributed by atoms with Gasteiger partial charge in [-0.3, -0.25) is 0 Å². The van der Waals surface area contributed by atoms with Crippen LogP contribution in [0.3, 0.4) is 0 Å². The van der Waals surface area contributed by atoms with Gasteiger partial charge in [0.2, 0.25) is 5.95 Å². The quantitative estimate of drug-likeness (QED) is 0.673. The molecule has 7 heteroatoms. The van der Waals surface area contributed by atoms with Crippen LogP contribution in [-0.2, 0) is 0 Å². The van der Waals surface area contributed by atoms with Gasteiger partial charge in [-0.05, 0) is 18.2 Å². The lowest BCUT2D eigenvalue weighted by molar-refractivity contribution is 0.509. The summed E-state index contributed by atoms with van der Waals surface area (Å²) in [5.74, 6) is 3.73. The van der Waals surface area contributed by atoms with Crippen LogP contribution in [-0.4, -0.2) is 14.9 Å². The number of hydrogen-bond acceptors (Lipinski definition) is 4. The van der Waals surface area contributed by atoms with Crippen molar-refractivity contribution in [1.29, 1.82) is 0 Å². The number of benzene rings is 1. The predicted molar refractivity (Wildman–Crippen MR) is 49.9 cm³/mol. The summed E-state index contributed by atoms with van der Waals surface area (Å²) in [7, 11) is 0. The van der Waals surface area contributed by atoms with E-state index in [1.165, 1.54) is 6.07 Å². The molecule has 0 aliphatic heterocycles. The first-order valence-electron chi connectivity index (χ1n) is 4.01. The minimum atomic E-state index is -0.978. The molecular formula is C8H7F2N5. The highest BCUT2D eigenvalue weighted by Crippen LogP contribution is 2.19. The van der Waals surface area contributed by atoms with E-state index < -0.39 is 11.6 Å². The van der Waals surface area contributed by atoms with Gasteiger partial charge in [-0.25, -0.2) is 13.5 Å². The van der Waals surface area contributed by atoms with Gasteiger partial charge in [-0.1, -0.05) is 0 Å². The van der Waals surface area contributed by atoms with Crippen molar-refractivity contribution in [2.24, 2.45) is 0 Å². The normalized spacial score (nSPS) is 10.5. The number of hydrogen-bond donors (Lipinski definition) is 2. The molecule has 0 amide bonds. The molecule has 1 heterocycles. The highest BCUT2D eigenvalue weighted by atomic mass is 19.2. The fraction of sp³-hybridized carbons (Fsp3) is 0. The number of nitrogens with zero attached hydrogens (tertiary/aromatic N) is 3. The lowest BCUT2D eigenvalue weighted by Gasteiger charge is -2.01. The fourth-order valence-corrected chi connectivity index (χ4v) is 1.14. The van der Waals surface area contributed by atoms with E-state index in [1.807, 2.05) is 0 Å². The van der Waals surface area contributed by atoms with E-state index in [0.717, 1.165) is 16.8 Å². The zero-order valence-corrected chi connectivity index (χ0v) is 7.48. The smallest absolute Gasteiger partial charge is 0.241 e. The number of aromatic nitrogens is 3. The van der Waals surface area contributed by atoms with Gasteiger partial charge in [0.1, 0.15) is 0 Å². The maximum absolute atomic E-state index is 12.9. The summed E-state index contributed by atoms with van der Waals surface area (Å²) in [4.78, 5) is 0. The Hall–Kier alpha value is -2.18. The van der Waals surface area contributed by atoms with Gasteiger partial charge >= 0.3 is 0 Å².